The molecule has 0 unspecified atom stereocenters. The molecule has 0 aromatic heterocycles. The molecule has 0 N–H and O–H groups in total. The monoisotopic (exact) mass is 295 g/mol. The third kappa shape index (κ3) is 3.09. The lowest BCUT2D eigenvalue weighted by Gasteiger charge is -2.21. The van der Waals surface area contributed by atoms with Gasteiger partial charge >= 0.3 is 0 Å². The standard InChI is InChI=1S/C14H18BrNO/c1-11-6-7-13(15)12(10-11)14(17)16-8-4-2-3-5-9-16/h6-7,10H,2-5,8-9H2,1H3. The molecule has 1 amide bonds. The fourth-order valence-electron chi connectivity index (χ4n) is 2.25. The average Bonchev–Trinajstić information content (AvgIpc) is 2.60. The zero-order valence-electron chi connectivity index (χ0n) is 10.2. The zero-order chi connectivity index (χ0) is 12.3. The second kappa shape index (κ2) is 5.67. The van der Waals surface area contributed by atoms with E-state index in [4.69, 9.17) is 0 Å². The lowest BCUT2D eigenvalue weighted by Crippen LogP contribution is -2.32. The van der Waals surface area contributed by atoms with Crippen LogP contribution >= 0.6 is 15.9 Å². The molecular formula is C14H18BrNO. The highest BCUT2D eigenvalue weighted by molar-refractivity contribution is 9.10. The number of rotatable bonds is 1. The van der Waals surface area contributed by atoms with Crippen molar-refractivity contribution in [3.63, 3.8) is 0 Å². The van der Waals surface area contributed by atoms with Crippen molar-refractivity contribution in [1.29, 1.82) is 0 Å². The summed E-state index contributed by atoms with van der Waals surface area (Å²) in [5.74, 6) is 0.169. The quantitative estimate of drug-likeness (QED) is 0.772. The van der Waals surface area contributed by atoms with Gasteiger partial charge in [-0.2, -0.15) is 0 Å². The van der Waals surface area contributed by atoms with Crippen LogP contribution in [0.3, 0.4) is 0 Å². The van der Waals surface area contributed by atoms with Crippen LogP contribution < -0.4 is 0 Å². The summed E-state index contributed by atoms with van der Waals surface area (Å²) in [6.45, 7) is 3.82. The molecule has 1 aliphatic heterocycles. The Hall–Kier alpha value is -0.830. The summed E-state index contributed by atoms with van der Waals surface area (Å²) in [5, 5.41) is 0. The first-order valence-corrected chi connectivity index (χ1v) is 7.03. The number of aryl methyl sites for hydroxylation is 1. The Morgan fingerprint density at radius 1 is 1.18 bits per heavy atom. The van der Waals surface area contributed by atoms with Crippen LogP contribution in [0.2, 0.25) is 0 Å². The zero-order valence-corrected chi connectivity index (χ0v) is 11.8. The minimum Gasteiger partial charge on any atom is -0.339 e. The molecule has 1 heterocycles. The molecule has 0 bridgehead atoms. The van der Waals surface area contributed by atoms with E-state index in [1.807, 2.05) is 30.0 Å². The molecule has 1 fully saturated rings. The number of carbonyl (C=O) groups is 1. The number of benzene rings is 1. The number of halogens is 1. The predicted octanol–water partition coefficient (Wildman–Crippen LogP) is 3.77. The molecule has 1 aliphatic rings. The summed E-state index contributed by atoms with van der Waals surface area (Å²) < 4.78 is 0.900. The smallest absolute Gasteiger partial charge is 0.255 e. The lowest BCUT2D eigenvalue weighted by atomic mass is 10.1. The highest BCUT2D eigenvalue weighted by atomic mass is 79.9. The van der Waals surface area contributed by atoms with E-state index in [1.165, 1.54) is 12.8 Å². The number of nitrogens with zero attached hydrogens (tertiary/aromatic N) is 1. The highest BCUT2D eigenvalue weighted by Crippen LogP contribution is 2.21. The van der Waals surface area contributed by atoms with Crippen molar-refractivity contribution in [3.05, 3.63) is 33.8 Å². The Balaban J connectivity index is 2.20. The SMILES string of the molecule is Cc1ccc(Br)c(C(=O)N2CCCCCC2)c1. The second-order valence-corrected chi connectivity index (χ2v) is 5.54. The molecule has 3 heteroatoms. The van der Waals surface area contributed by atoms with Gasteiger partial charge in [0.05, 0.1) is 5.56 Å². The second-order valence-electron chi connectivity index (χ2n) is 4.69. The van der Waals surface area contributed by atoms with Crippen LogP contribution in [0.1, 0.15) is 41.6 Å². The first-order valence-electron chi connectivity index (χ1n) is 6.24. The van der Waals surface area contributed by atoms with Gasteiger partial charge in [-0.05, 0) is 47.8 Å². The maximum absolute atomic E-state index is 12.4. The number of likely N-dealkylation sites (tertiary alicyclic amines) is 1. The summed E-state index contributed by atoms with van der Waals surface area (Å²) in [7, 11) is 0. The summed E-state index contributed by atoms with van der Waals surface area (Å²) in [5.41, 5.74) is 1.93. The summed E-state index contributed by atoms with van der Waals surface area (Å²) in [6, 6.07) is 5.95. The number of hydrogen-bond donors (Lipinski definition) is 0. The summed E-state index contributed by atoms with van der Waals surface area (Å²) in [4.78, 5) is 14.4. The van der Waals surface area contributed by atoms with Crippen LogP contribution in [-0.4, -0.2) is 23.9 Å². The lowest BCUT2D eigenvalue weighted by molar-refractivity contribution is 0.0760. The van der Waals surface area contributed by atoms with Crippen LogP contribution in [0.5, 0.6) is 0 Å². The van der Waals surface area contributed by atoms with Gasteiger partial charge in [0.2, 0.25) is 0 Å². The van der Waals surface area contributed by atoms with Crippen LogP contribution in [-0.2, 0) is 0 Å². The van der Waals surface area contributed by atoms with Crippen LogP contribution in [0, 0.1) is 6.92 Å². The van der Waals surface area contributed by atoms with Gasteiger partial charge in [0.25, 0.3) is 5.91 Å². The van der Waals surface area contributed by atoms with E-state index in [9.17, 15) is 4.79 Å². The maximum atomic E-state index is 12.4. The topological polar surface area (TPSA) is 20.3 Å². The minimum absolute atomic E-state index is 0.169. The van der Waals surface area contributed by atoms with Crippen molar-refractivity contribution in [1.82, 2.24) is 4.90 Å². The van der Waals surface area contributed by atoms with E-state index in [-0.39, 0.29) is 5.91 Å². The fourth-order valence-corrected chi connectivity index (χ4v) is 2.66. The molecular weight excluding hydrogens is 278 g/mol. The number of carbonyl (C=O) groups excluding carboxylic acids is 1. The van der Waals surface area contributed by atoms with Gasteiger partial charge in [-0.1, -0.05) is 24.5 Å². The molecule has 1 aromatic rings. The average molecular weight is 296 g/mol. The van der Waals surface area contributed by atoms with Crippen LogP contribution in [0.4, 0.5) is 0 Å². The molecule has 0 radical (unpaired) electrons. The summed E-state index contributed by atoms with van der Waals surface area (Å²) >= 11 is 3.47. The van der Waals surface area contributed by atoms with Crippen LogP contribution in [0.15, 0.2) is 22.7 Å². The number of amides is 1. The van der Waals surface area contributed by atoms with Gasteiger partial charge < -0.3 is 4.90 Å². The van der Waals surface area contributed by atoms with E-state index in [0.29, 0.717) is 0 Å². The fraction of sp³-hybridized carbons (Fsp3) is 0.500. The Labute approximate surface area is 111 Å². The Kier molecular flexibility index (Phi) is 4.21. The van der Waals surface area contributed by atoms with Crippen molar-refractivity contribution in [2.24, 2.45) is 0 Å². The van der Waals surface area contributed by atoms with E-state index in [2.05, 4.69) is 15.9 Å². The third-order valence-electron chi connectivity index (χ3n) is 3.25. The molecule has 17 heavy (non-hydrogen) atoms. The van der Waals surface area contributed by atoms with Gasteiger partial charge in [-0.25, -0.2) is 0 Å². The Bertz CT molecular complexity index is 409. The van der Waals surface area contributed by atoms with Crippen molar-refractivity contribution in [2.75, 3.05) is 13.1 Å². The molecule has 2 nitrogen and oxygen atoms in total. The Morgan fingerprint density at radius 2 is 1.82 bits per heavy atom. The Morgan fingerprint density at radius 3 is 2.47 bits per heavy atom. The van der Waals surface area contributed by atoms with E-state index < -0.39 is 0 Å². The van der Waals surface area contributed by atoms with Crippen molar-refractivity contribution < 1.29 is 4.79 Å². The van der Waals surface area contributed by atoms with Crippen molar-refractivity contribution >= 4 is 21.8 Å². The van der Waals surface area contributed by atoms with Gasteiger partial charge in [0.15, 0.2) is 0 Å². The first-order chi connectivity index (χ1) is 8.18. The minimum atomic E-state index is 0.169. The van der Waals surface area contributed by atoms with Crippen molar-refractivity contribution in [3.8, 4) is 0 Å². The highest BCUT2D eigenvalue weighted by Gasteiger charge is 2.19. The van der Waals surface area contributed by atoms with Gasteiger partial charge in [-0.15, -0.1) is 0 Å². The van der Waals surface area contributed by atoms with Crippen molar-refractivity contribution in [2.45, 2.75) is 32.6 Å². The molecule has 1 saturated heterocycles. The predicted molar refractivity (Wildman–Crippen MR) is 73.3 cm³/mol. The largest absolute Gasteiger partial charge is 0.339 e. The van der Waals surface area contributed by atoms with E-state index in [0.717, 1.165) is 41.5 Å². The molecule has 0 atom stereocenters. The molecule has 2 rings (SSSR count). The molecule has 0 aliphatic carbocycles. The van der Waals surface area contributed by atoms with Crippen LogP contribution in [0.25, 0.3) is 0 Å². The van der Waals surface area contributed by atoms with E-state index in [1.54, 1.807) is 0 Å². The molecule has 1 aromatic carbocycles. The molecule has 92 valence electrons. The molecule has 0 saturated carbocycles. The van der Waals surface area contributed by atoms with Gasteiger partial charge in [0.1, 0.15) is 0 Å². The van der Waals surface area contributed by atoms with Gasteiger partial charge in [-0.3, -0.25) is 4.79 Å². The van der Waals surface area contributed by atoms with E-state index >= 15 is 0 Å². The third-order valence-corrected chi connectivity index (χ3v) is 3.94. The summed E-state index contributed by atoms with van der Waals surface area (Å²) in [6.07, 6.45) is 4.77. The molecule has 0 spiro atoms. The first kappa shape index (κ1) is 12.6. The normalized spacial score (nSPS) is 16.7. The maximum Gasteiger partial charge on any atom is 0.255 e. The number of hydrogen-bond acceptors (Lipinski definition) is 1. The van der Waals surface area contributed by atoms with Gasteiger partial charge in [0, 0.05) is 17.6 Å².